The number of rotatable bonds is 4. The van der Waals surface area contributed by atoms with E-state index in [1.807, 2.05) is 12.1 Å². The molecule has 0 radical (unpaired) electrons. The van der Waals surface area contributed by atoms with E-state index in [-0.39, 0.29) is 6.61 Å². The molecule has 4 rings (SSSR count). The van der Waals surface area contributed by atoms with Crippen LogP contribution in [0.3, 0.4) is 0 Å². The number of esters is 1. The third-order valence-corrected chi connectivity index (χ3v) is 4.23. The van der Waals surface area contributed by atoms with Gasteiger partial charge in [-0.2, -0.15) is 5.10 Å². The number of nitrogens with zero attached hydrogens (tertiary/aromatic N) is 5. The number of hydrogen-bond donors (Lipinski definition) is 0. The molecule has 0 amide bonds. The Labute approximate surface area is 150 Å². The van der Waals surface area contributed by atoms with Gasteiger partial charge in [0.1, 0.15) is 17.1 Å². The number of hydrogen-bond acceptors (Lipinski definition) is 7. The highest BCUT2D eigenvalue weighted by atomic mass is 16.5. The lowest BCUT2D eigenvalue weighted by Crippen LogP contribution is -2.36. The first-order valence-electron chi connectivity index (χ1n) is 8.57. The number of anilines is 1. The Balaban J connectivity index is 1.73. The minimum absolute atomic E-state index is 0.288. The van der Waals surface area contributed by atoms with Crippen LogP contribution in [0, 0.1) is 0 Å². The topological polar surface area (TPSA) is 81.8 Å². The van der Waals surface area contributed by atoms with Crippen LogP contribution in [0.1, 0.15) is 17.3 Å². The lowest BCUT2D eigenvalue weighted by Gasteiger charge is -2.27. The molecule has 134 valence electrons. The number of aromatic nitrogens is 4. The summed E-state index contributed by atoms with van der Waals surface area (Å²) >= 11 is 0. The summed E-state index contributed by atoms with van der Waals surface area (Å²) in [7, 11) is 0. The molecular formula is C18H19N5O3. The fourth-order valence-electron chi connectivity index (χ4n) is 2.99. The zero-order valence-electron chi connectivity index (χ0n) is 14.5. The fourth-order valence-corrected chi connectivity index (χ4v) is 2.99. The smallest absolute Gasteiger partial charge is 0.344 e. The SMILES string of the molecule is CCOC(=O)c1c(-c2ccc(N3CCOCC3)nc2)nn2cccnc12. The third kappa shape index (κ3) is 2.99. The van der Waals surface area contributed by atoms with Crippen molar-refractivity contribution in [3.63, 3.8) is 0 Å². The van der Waals surface area contributed by atoms with Gasteiger partial charge in [-0.1, -0.05) is 0 Å². The fraction of sp³-hybridized carbons (Fsp3) is 0.333. The van der Waals surface area contributed by atoms with Crippen LogP contribution in [0.4, 0.5) is 5.82 Å². The predicted molar refractivity (Wildman–Crippen MR) is 95.2 cm³/mol. The van der Waals surface area contributed by atoms with Crippen molar-refractivity contribution in [2.24, 2.45) is 0 Å². The zero-order valence-corrected chi connectivity index (χ0v) is 14.5. The van der Waals surface area contributed by atoms with Crippen LogP contribution in [0.2, 0.25) is 0 Å². The molecule has 3 aromatic rings. The van der Waals surface area contributed by atoms with Gasteiger partial charge >= 0.3 is 5.97 Å². The molecule has 0 unspecified atom stereocenters. The van der Waals surface area contributed by atoms with Crippen molar-refractivity contribution < 1.29 is 14.3 Å². The Morgan fingerprint density at radius 3 is 2.85 bits per heavy atom. The first-order chi connectivity index (χ1) is 12.8. The van der Waals surface area contributed by atoms with E-state index in [2.05, 4.69) is 20.0 Å². The van der Waals surface area contributed by atoms with E-state index in [9.17, 15) is 4.79 Å². The van der Waals surface area contributed by atoms with Gasteiger partial charge in [-0.25, -0.2) is 19.3 Å². The Kier molecular flexibility index (Phi) is 4.49. The van der Waals surface area contributed by atoms with E-state index in [0.29, 0.717) is 30.1 Å². The average Bonchev–Trinajstić information content (AvgIpc) is 3.09. The molecule has 26 heavy (non-hydrogen) atoms. The Morgan fingerprint density at radius 1 is 1.27 bits per heavy atom. The van der Waals surface area contributed by atoms with Crippen molar-refractivity contribution in [1.82, 2.24) is 19.6 Å². The van der Waals surface area contributed by atoms with Gasteiger partial charge in [0, 0.05) is 37.2 Å². The largest absolute Gasteiger partial charge is 0.462 e. The number of morpholine rings is 1. The van der Waals surface area contributed by atoms with Crippen LogP contribution in [0.5, 0.6) is 0 Å². The Morgan fingerprint density at radius 2 is 2.12 bits per heavy atom. The van der Waals surface area contributed by atoms with E-state index in [4.69, 9.17) is 9.47 Å². The normalized spacial score (nSPS) is 14.6. The summed E-state index contributed by atoms with van der Waals surface area (Å²) in [6.45, 7) is 5.10. The average molecular weight is 353 g/mol. The van der Waals surface area contributed by atoms with Crippen LogP contribution in [-0.4, -0.2) is 58.5 Å². The lowest BCUT2D eigenvalue weighted by molar-refractivity contribution is 0.0529. The van der Waals surface area contributed by atoms with Gasteiger partial charge in [-0.3, -0.25) is 0 Å². The van der Waals surface area contributed by atoms with Crippen molar-refractivity contribution in [2.75, 3.05) is 37.8 Å². The Bertz CT molecular complexity index is 916. The van der Waals surface area contributed by atoms with E-state index >= 15 is 0 Å². The summed E-state index contributed by atoms with van der Waals surface area (Å²) in [6, 6.07) is 5.62. The van der Waals surface area contributed by atoms with Crippen molar-refractivity contribution >= 4 is 17.4 Å². The lowest BCUT2D eigenvalue weighted by atomic mass is 10.1. The molecule has 8 heteroatoms. The molecule has 1 aliphatic rings. The molecule has 1 fully saturated rings. The van der Waals surface area contributed by atoms with Gasteiger partial charge in [0.25, 0.3) is 0 Å². The van der Waals surface area contributed by atoms with E-state index in [1.165, 1.54) is 0 Å². The summed E-state index contributed by atoms with van der Waals surface area (Å²) in [5.41, 5.74) is 2.09. The van der Waals surface area contributed by atoms with Crippen LogP contribution in [-0.2, 0) is 9.47 Å². The van der Waals surface area contributed by atoms with E-state index in [0.717, 1.165) is 24.5 Å². The number of carbonyl (C=O) groups excluding carboxylic acids is 1. The minimum Gasteiger partial charge on any atom is -0.462 e. The second kappa shape index (κ2) is 7.09. The summed E-state index contributed by atoms with van der Waals surface area (Å²) < 4.78 is 12.2. The maximum absolute atomic E-state index is 12.5. The molecule has 8 nitrogen and oxygen atoms in total. The van der Waals surface area contributed by atoms with Gasteiger partial charge in [0.05, 0.1) is 19.8 Å². The molecule has 4 heterocycles. The quantitative estimate of drug-likeness (QED) is 0.662. The summed E-state index contributed by atoms with van der Waals surface area (Å²) in [4.78, 5) is 23.5. The van der Waals surface area contributed by atoms with E-state index in [1.54, 1.807) is 36.1 Å². The van der Waals surface area contributed by atoms with Crippen LogP contribution >= 0.6 is 0 Å². The molecule has 0 spiro atoms. The van der Waals surface area contributed by atoms with Crippen molar-refractivity contribution in [3.8, 4) is 11.3 Å². The van der Waals surface area contributed by atoms with Gasteiger partial charge in [0.15, 0.2) is 5.65 Å². The highest BCUT2D eigenvalue weighted by molar-refractivity contribution is 6.02. The van der Waals surface area contributed by atoms with Gasteiger partial charge < -0.3 is 14.4 Å². The summed E-state index contributed by atoms with van der Waals surface area (Å²) in [5.74, 6) is 0.449. The second-order valence-electron chi connectivity index (χ2n) is 5.84. The number of fused-ring (bicyclic) bond motifs is 1. The molecule has 0 N–H and O–H groups in total. The maximum Gasteiger partial charge on any atom is 0.344 e. The molecule has 0 bridgehead atoms. The minimum atomic E-state index is -0.437. The first-order valence-corrected chi connectivity index (χ1v) is 8.57. The summed E-state index contributed by atoms with van der Waals surface area (Å²) in [6.07, 6.45) is 5.11. The molecule has 1 aliphatic heterocycles. The van der Waals surface area contributed by atoms with Crippen molar-refractivity contribution in [1.29, 1.82) is 0 Å². The third-order valence-electron chi connectivity index (χ3n) is 4.23. The molecule has 3 aromatic heterocycles. The van der Waals surface area contributed by atoms with Crippen LogP contribution in [0.15, 0.2) is 36.8 Å². The van der Waals surface area contributed by atoms with E-state index < -0.39 is 5.97 Å². The van der Waals surface area contributed by atoms with Gasteiger partial charge in [-0.05, 0) is 25.1 Å². The number of ether oxygens (including phenoxy) is 2. The van der Waals surface area contributed by atoms with Crippen molar-refractivity contribution in [3.05, 3.63) is 42.4 Å². The first kappa shape index (κ1) is 16.5. The highest BCUT2D eigenvalue weighted by Crippen LogP contribution is 2.27. The monoisotopic (exact) mass is 353 g/mol. The standard InChI is InChI=1S/C18H19N5O3/c1-2-26-18(24)15-16(21-23-7-3-6-19-17(15)23)13-4-5-14(20-12-13)22-8-10-25-11-9-22/h3-7,12H,2,8-11H2,1H3. The molecule has 1 saturated heterocycles. The molecule has 0 atom stereocenters. The number of pyridine rings is 1. The van der Waals surface area contributed by atoms with Crippen LogP contribution in [0.25, 0.3) is 16.9 Å². The zero-order chi connectivity index (χ0) is 17.9. The number of carbonyl (C=O) groups is 1. The Hall–Kier alpha value is -3.00. The molecule has 0 aliphatic carbocycles. The van der Waals surface area contributed by atoms with Crippen LogP contribution < -0.4 is 4.90 Å². The highest BCUT2D eigenvalue weighted by Gasteiger charge is 2.23. The van der Waals surface area contributed by atoms with Crippen molar-refractivity contribution in [2.45, 2.75) is 6.92 Å². The summed E-state index contributed by atoms with van der Waals surface area (Å²) in [5, 5.41) is 4.51. The molecule has 0 aromatic carbocycles. The van der Waals surface area contributed by atoms with Gasteiger partial charge in [0.2, 0.25) is 0 Å². The molecular weight excluding hydrogens is 334 g/mol. The maximum atomic E-state index is 12.5. The predicted octanol–water partition coefficient (Wildman–Crippen LogP) is 1.80. The van der Waals surface area contributed by atoms with Gasteiger partial charge in [-0.15, -0.1) is 0 Å². The molecule has 0 saturated carbocycles. The second-order valence-corrected chi connectivity index (χ2v) is 5.84.